The third kappa shape index (κ3) is 4.68. The lowest BCUT2D eigenvalue weighted by Gasteiger charge is -2.27. The van der Waals surface area contributed by atoms with Crippen LogP contribution in [0, 0.1) is 5.92 Å². The molecule has 4 heteroatoms. The van der Waals surface area contributed by atoms with Gasteiger partial charge in [-0.1, -0.05) is 36.4 Å². The zero-order valence-electron chi connectivity index (χ0n) is 13.3. The molecule has 2 atom stereocenters. The molecule has 22 heavy (non-hydrogen) atoms. The maximum atomic E-state index is 12.6. The van der Waals surface area contributed by atoms with E-state index in [-0.39, 0.29) is 17.9 Å². The summed E-state index contributed by atoms with van der Waals surface area (Å²) in [6.45, 7) is 5.63. The Hall–Kier alpha value is -1.65. The van der Waals surface area contributed by atoms with Gasteiger partial charge in [-0.25, -0.2) is 0 Å². The highest BCUT2D eigenvalue weighted by atomic mass is 32.1. The summed E-state index contributed by atoms with van der Waals surface area (Å²) < 4.78 is 5.58. The van der Waals surface area contributed by atoms with Crippen molar-refractivity contribution in [2.45, 2.75) is 38.8 Å². The van der Waals surface area contributed by atoms with E-state index in [1.54, 1.807) is 11.3 Å². The number of benzene rings is 1. The fourth-order valence-electron chi connectivity index (χ4n) is 2.28. The van der Waals surface area contributed by atoms with E-state index in [2.05, 4.69) is 0 Å². The van der Waals surface area contributed by atoms with E-state index in [9.17, 15) is 4.79 Å². The highest BCUT2D eigenvalue weighted by molar-refractivity contribution is 7.10. The first-order chi connectivity index (χ1) is 10.4. The molecular weight excluding hydrogens is 294 g/mol. The maximum Gasteiger partial charge on any atom is 0.311 e. The smallest absolute Gasteiger partial charge is 0.311 e. The van der Waals surface area contributed by atoms with Crippen molar-refractivity contribution in [1.29, 1.82) is 0 Å². The average Bonchev–Trinajstić information content (AvgIpc) is 2.97. The Labute approximate surface area is 136 Å². The van der Waals surface area contributed by atoms with Gasteiger partial charge in [-0.15, -0.1) is 11.3 Å². The summed E-state index contributed by atoms with van der Waals surface area (Å²) in [5.74, 6) is -0.627. The van der Waals surface area contributed by atoms with Crippen molar-refractivity contribution >= 4 is 17.3 Å². The number of hydrogen-bond acceptors (Lipinski definition) is 4. The topological polar surface area (TPSA) is 52.3 Å². The SMILES string of the molecule is CC(C)(C)OC(=O)C(Cc1ccccc1)C(N)c1cccs1. The molecule has 1 aromatic carbocycles. The molecule has 2 rings (SSSR count). The van der Waals surface area contributed by atoms with Gasteiger partial charge in [-0.3, -0.25) is 4.79 Å². The number of hydrogen-bond donors (Lipinski definition) is 1. The second-order valence-electron chi connectivity index (χ2n) is 6.37. The highest BCUT2D eigenvalue weighted by Crippen LogP contribution is 2.29. The van der Waals surface area contributed by atoms with E-state index in [1.807, 2.05) is 68.6 Å². The monoisotopic (exact) mass is 317 g/mol. The summed E-state index contributed by atoms with van der Waals surface area (Å²) in [5.41, 5.74) is 6.94. The fourth-order valence-corrected chi connectivity index (χ4v) is 3.07. The summed E-state index contributed by atoms with van der Waals surface area (Å²) in [4.78, 5) is 13.6. The first-order valence-corrected chi connectivity index (χ1v) is 8.30. The van der Waals surface area contributed by atoms with Crippen molar-refractivity contribution in [2.75, 3.05) is 0 Å². The van der Waals surface area contributed by atoms with E-state index in [0.717, 1.165) is 10.4 Å². The van der Waals surface area contributed by atoms with Crippen LogP contribution in [0.3, 0.4) is 0 Å². The van der Waals surface area contributed by atoms with Gasteiger partial charge in [-0.05, 0) is 44.2 Å². The van der Waals surface area contributed by atoms with Gasteiger partial charge in [-0.2, -0.15) is 0 Å². The molecule has 1 aromatic heterocycles. The lowest BCUT2D eigenvalue weighted by Crippen LogP contribution is -2.35. The van der Waals surface area contributed by atoms with Crippen molar-refractivity contribution < 1.29 is 9.53 Å². The normalized spacial score (nSPS) is 14.4. The molecule has 0 spiro atoms. The number of carbonyl (C=O) groups is 1. The molecule has 0 fully saturated rings. The minimum atomic E-state index is -0.513. The Kier molecular flexibility index (Phi) is 5.37. The second-order valence-corrected chi connectivity index (χ2v) is 7.35. The number of thiophene rings is 1. The molecule has 0 saturated heterocycles. The predicted octanol–water partition coefficient (Wildman–Crippen LogP) is 3.95. The maximum absolute atomic E-state index is 12.6. The molecule has 2 N–H and O–H groups in total. The first kappa shape index (κ1) is 16.7. The number of esters is 1. The van der Waals surface area contributed by atoms with Crippen LogP contribution in [-0.2, 0) is 16.0 Å². The van der Waals surface area contributed by atoms with Crippen molar-refractivity contribution in [2.24, 2.45) is 11.7 Å². The second kappa shape index (κ2) is 7.07. The third-order valence-electron chi connectivity index (χ3n) is 3.31. The summed E-state index contributed by atoms with van der Waals surface area (Å²) in [5, 5.41) is 1.98. The van der Waals surface area contributed by atoms with Crippen molar-refractivity contribution in [3.63, 3.8) is 0 Å². The van der Waals surface area contributed by atoms with Gasteiger partial charge in [0.2, 0.25) is 0 Å². The number of rotatable bonds is 5. The van der Waals surface area contributed by atoms with Gasteiger partial charge in [0.1, 0.15) is 5.60 Å². The minimum Gasteiger partial charge on any atom is -0.460 e. The van der Waals surface area contributed by atoms with Gasteiger partial charge in [0, 0.05) is 4.88 Å². The quantitative estimate of drug-likeness (QED) is 0.850. The molecule has 2 unspecified atom stereocenters. The van der Waals surface area contributed by atoms with Gasteiger partial charge in [0.05, 0.1) is 12.0 Å². The van der Waals surface area contributed by atoms with E-state index in [4.69, 9.17) is 10.5 Å². The van der Waals surface area contributed by atoms with Gasteiger partial charge in [0.25, 0.3) is 0 Å². The largest absolute Gasteiger partial charge is 0.460 e. The van der Waals surface area contributed by atoms with E-state index >= 15 is 0 Å². The molecule has 118 valence electrons. The molecule has 0 aliphatic carbocycles. The van der Waals surface area contributed by atoms with E-state index in [0.29, 0.717) is 6.42 Å². The standard InChI is InChI=1S/C18H23NO2S/c1-18(2,3)21-17(20)14(12-13-8-5-4-6-9-13)16(19)15-10-7-11-22-15/h4-11,14,16H,12,19H2,1-3H3. The molecule has 0 aliphatic rings. The molecule has 1 heterocycles. The van der Waals surface area contributed by atoms with Crippen LogP contribution in [0.15, 0.2) is 47.8 Å². The van der Waals surface area contributed by atoms with Crippen LogP contribution in [0.4, 0.5) is 0 Å². The summed E-state index contributed by atoms with van der Waals surface area (Å²) in [6, 6.07) is 13.5. The van der Waals surface area contributed by atoms with Crippen molar-refractivity contribution in [1.82, 2.24) is 0 Å². The number of nitrogens with two attached hydrogens (primary N) is 1. The van der Waals surface area contributed by atoms with E-state index in [1.165, 1.54) is 0 Å². The summed E-state index contributed by atoms with van der Waals surface area (Å²) in [7, 11) is 0. The highest BCUT2D eigenvalue weighted by Gasteiger charge is 2.31. The van der Waals surface area contributed by atoms with Crippen molar-refractivity contribution in [3.05, 3.63) is 58.3 Å². The Bertz CT molecular complexity index is 587. The Morgan fingerprint density at radius 3 is 2.41 bits per heavy atom. The number of carbonyl (C=O) groups excluding carboxylic acids is 1. The first-order valence-electron chi connectivity index (χ1n) is 7.42. The molecule has 0 amide bonds. The lowest BCUT2D eigenvalue weighted by molar-refractivity contribution is -0.160. The molecule has 0 bridgehead atoms. The summed E-state index contributed by atoms with van der Waals surface area (Å²) in [6.07, 6.45) is 0.578. The Morgan fingerprint density at radius 2 is 1.86 bits per heavy atom. The zero-order valence-corrected chi connectivity index (χ0v) is 14.1. The van der Waals surface area contributed by atoms with Crippen LogP contribution in [0.5, 0.6) is 0 Å². The van der Waals surface area contributed by atoms with Crippen LogP contribution in [0.1, 0.15) is 37.3 Å². The lowest BCUT2D eigenvalue weighted by atomic mass is 9.91. The zero-order chi connectivity index (χ0) is 16.2. The van der Waals surface area contributed by atoms with Crippen LogP contribution in [0.25, 0.3) is 0 Å². The Morgan fingerprint density at radius 1 is 1.18 bits per heavy atom. The molecule has 2 aromatic rings. The van der Waals surface area contributed by atoms with Crippen LogP contribution in [0.2, 0.25) is 0 Å². The van der Waals surface area contributed by atoms with Crippen LogP contribution >= 0.6 is 11.3 Å². The van der Waals surface area contributed by atoms with Crippen molar-refractivity contribution in [3.8, 4) is 0 Å². The average molecular weight is 317 g/mol. The fraction of sp³-hybridized carbons (Fsp3) is 0.389. The number of ether oxygens (including phenoxy) is 1. The Balaban J connectivity index is 2.22. The molecule has 0 radical (unpaired) electrons. The molecular formula is C18H23NO2S. The van der Waals surface area contributed by atoms with E-state index < -0.39 is 5.60 Å². The van der Waals surface area contributed by atoms with Gasteiger partial charge in [0.15, 0.2) is 0 Å². The van der Waals surface area contributed by atoms with Gasteiger partial charge >= 0.3 is 5.97 Å². The molecule has 3 nitrogen and oxygen atoms in total. The van der Waals surface area contributed by atoms with Gasteiger partial charge < -0.3 is 10.5 Å². The van der Waals surface area contributed by atoms with Crippen LogP contribution < -0.4 is 5.73 Å². The predicted molar refractivity (Wildman–Crippen MR) is 90.7 cm³/mol. The minimum absolute atomic E-state index is 0.239. The summed E-state index contributed by atoms with van der Waals surface area (Å²) >= 11 is 1.57. The molecule has 0 aliphatic heterocycles. The molecule has 0 saturated carbocycles. The third-order valence-corrected chi connectivity index (χ3v) is 4.29. The van der Waals surface area contributed by atoms with Crippen LogP contribution in [-0.4, -0.2) is 11.6 Å².